The zero-order valence-electron chi connectivity index (χ0n) is 19.9. The highest BCUT2D eigenvalue weighted by Gasteiger charge is 2.27. The van der Waals surface area contributed by atoms with E-state index in [2.05, 4.69) is 37.4 Å². The molecule has 1 aliphatic rings. The molecule has 0 bridgehead atoms. The van der Waals surface area contributed by atoms with Crippen molar-refractivity contribution in [3.05, 3.63) is 58.7 Å². The predicted octanol–water partition coefficient (Wildman–Crippen LogP) is 3.53. The first-order chi connectivity index (χ1) is 15.8. The molecule has 0 saturated carbocycles. The number of morpholine rings is 1. The first-order valence-electron chi connectivity index (χ1n) is 11.4. The van der Waals surface area contributed by atoms with E-state index in [1.54, 1.807) is 25.3 Å². The zero-order valence-corrected chi connectivity index (χ0v) is 20.7. The third-order valence-electron chi connectivity index (χ3n) is 6.03. The second-order valence-corrected chi connectivity index (χ2v) is 10.3. The van der Waals surface area contributed by atoms with Crippen molar-refractivity contribution in [3.63, 3.8) is 0 Å². The lowest BCUT2D eigenvalue weighted by atomic mass is 9.97. The summed E-state index contributed by atoms with van der Waals surface area (Å²) in [5.41, 5.74) is 4.16. The first kappa shape index (κ1) is 25.2. The van der Waals surface area contributed by atoms with Crippen LogP contribution in [0.3, 0.4) is 0 Å². The van der Waals surface area contributed by atoms with Gasteiger partial charge in [0.25, 0.3) is 0 Å². The molecule has 1 fully saturated rings. The smallest absolute Gasteiger partial charge is 0.243 e. The van der Waals surface area contributed by atoms with Crippen LogP contribution in [0.5, 0.6) is 5.75 Å². The standard InChI is InChI=1S/C25H34N2O5S/c1-5-23(22-9-6-18(2)16-19(22)3)26-25(28)11-7-20-17-21(8-10-24(20)31-4)33(29,30)27-12-14-32-15-13-27/h6,8-10,16-17,23H,5,7,11-15H2,1-4H3,(H,26,28). The number of amides is 1. The molecule has 2 aromatic rings. The Labute approximate surface area is 197 Å². The van der Waals surface area contributed by atoms with Crippen molar-refractivity contribution in [1.82, 2.24) is 9.62 Å². The van der Waals surface area contributed by atoms with Crippen LogP contribution in [0.2, 0.25) is 0 Å². The fourth-order valence-electron chi connectivity index (χ4n) is 4.18. The van der Waals surface area contributed by atoms with Crippen molar-refractivity contribution in [2.24, 2.45) is 0 Å². The van der Waals surface area contributed by atoms with Gasteiger partial charge in [0.2, 0.25) is 15.9 Å². The molecule has 1 amide bonds. The van der Waals surface area contributed by atoms with Gasteiger partial charge in [-0.1, -0.05) is 30.7 Å². The van der Waals surface area contributed by atoms with Crippen LogP contribution < -0.4 is 10.1 Å². The highest BCUT2D eigenvalue weighted by Crippen LogP contribution is 2.27. The van der Waals surface area contributed by atoms with Gasteiger partial charge >= 0.3 is 0 Å². The lowest BCUT2D eigenvalue weighted by Gasteiger charge is -2.26. The lowest BCUT2D eigenvalue weighted by Crippen LogP contribution is -2.40. The Morgan fingerprint density at radius 1 is 1.15 bits per heavy atom. The number of nitrogens with zero attached hydrogens (tertiary/aromatic N) is 1. The van der Waals surface area contributed by atoms with Gasteiger partial charge < -0.3 is 14.8 Å². The zero-order chi connectivity index (χ0) is 24.0. The molecule has 7 nitrogen and oxygen atoms in total. The highest BCUT2D eigenvalue weighted by molar-refractivity contribution is 7.89. The molecular weight excluding hydrogens is 440 g/mol. The summed E-state index contributed by atoms with van der Waals surface area (Å²) < 4.78 is 38.2. The number of benzene rings is 2. The Morgan fingerprint density at radius 2 is 1.88 bits per heavy atom. The maximum absolute atomic E-state index is 13.0. The molecule has 0 aliphatic carbocycles. The van der Waals surface area contributed by atoms with Gasteiger partial charge in [-0.25, -0.2) is 8.42 Å². The molecular formula is C25H34N2O5S. The quantitative estimate of drug-likeness (QED) is 0.601. The van der Waals surface area contributed by atoms with Crippen LogP contribution in [0.25, 0.3) is 0 Å². The van der Waals surface area contributed by atoms with Gasteiger partial charge in [0.1, 0.15) is 5.75 Å². The second-order valence-electron chi connectivity index (χ2n) is 8.38. The van der Waals surface area contributed by atoms with Gasteiger partial charge in [0.15, 0.2) is 0 Å². The Bertz CT molecular complexity index is 1080. The van der Waals surface area contributed by atoms with Crippen LogP contribution in [0, 0.1) is 13.8 Å². The van der Waals surface area contributed by atoms with Crippen LogP contribution in [0.15, 0.2) is 41.3 Å². The molecule has 1 atom stereocenters. The minimum absolute atomic E-state index is 0.0620. The average Bonchev–Trinajstić information content (AvgIpc) is 2.82. The molecule has 33 heavy (non-hydrogen) atoms. The summed E-state index contributed by atoms with van der Waals surface area (Å²) in [6.07, 6.45) is 1.40. The van der Waals surface area contributed by atoms with Crippen LogP contribution in [-0.4, -0.2) is 52.0 Å². The molecule has 0 spiro atoms. The van der Waals surface area contributed by atoms with Gasteiger partial charge in [-0.3, -0.25) is 4.79 Å². The molecule has 1 aliphatic heterocycles. The Balaban J connectivity index is 1.71. The highest BCUT2D eigenvalue weighted by atomic mass is 32.2. The van der Waals surface area contributed by atoms with Crippen molar-refractivity contribution in [1.29, 1.82) is 0 Å². The molecule has 2 aromatic carbocycles. The van der Waals surface area contributed by atoms with Crippen LogP contribution in [0.4, 0.5) is 0 Å². The molecule has 1 saturated heterocycles. The molecule has 0 aromatic heterocycles. The molecule has 180 valence electrons. The number of carbonyl (C=O) groups excluding carboxylic acids is 1. The Morgan fingerprint density at radius 3 is 2.52 bits per heavy atom. The number of ether oxygens (including phenoxy) is 2. The Kier molecular flexibility index (Phi) is 8.51. The second kappa shape index (κ2) is 11.1. The number of nitrogens with one attached hydrogen (secondary N) is 1. The summed E-state index contributed by atoms with van der Waals surface area (Å²) in [5.74, 6) is 0.496. The summed E-state index contributed by atoms with van der Waals surface area (Å²) in [6, 6.07) is 11.0. The van der Waals surface area contributed by atoms with Crippen molar-refractivity contribution in [2.45, 2.75) is 51.0 Å². The van der Waals surface area contributed by atoms with E-state index in [4.69, 9.17) is 9.47 Å². The van der Waals surface area contributed by atoms with Crippen molar-refractivity contribution < 1.29 is 22.7 Å². The van der Waals surface area contributed by atoms with Crippen molar-refractivity contribution >= 4 is 15.9 Å². The third-order valence-corrected chi connectivity index (χ3v) is 7.92. The fraction of sp³-hybridized carbons (Fsp3) is 0.480. The van der Waals surface area contributed by atoms with E-state index in [9.17, 15) is 13.2 Å². The van der Waals surface area contributed by atoms with Crippen molar-refractivity contribution in [2.75, 3.05) is 33.4 Å². The van der Waals surface area contributed by atoms with E-state index in [1.165, 1.54) is 9.87 Å². The summed E-state index contributed by atoms with van der Waals surface area (Å²) >= 11 is 0. The van der Waals surface area contributed by atoms with Gasteiger partial charge in [0.05, 0.1) is 31.3 Å². The maximum Gasteiger partial charge on any atom is 0.243 e. The largest absolute Gasteiger partial charge is 0.496 e. The number of hydrogen-bond donors (Lipinski definition) is 1. The van der Waals surface area contributed by atoms with Crippen LogP contribution in [-0.2, 0) is 26.0 Å². The lowest BCUT2D eigenvalue weighted by molar-refractivity contribution is -0.121. The molecule has 0 radical (unpaired) electrons. The molecule has 1 unspecified atom stereocenters. The summed E-state index contributed by atoms with van der Waals surface area (Å²) in [7, 11) is -2.07. The minimum Gasteiger partial charge on any atom is -0.496 e. The number of methoxy groups -OCH3 is 1. The van der Waals surface area contributed by atoms with E-state index in [0.29, 0.717) is 44.0 Å². The molecule has 3 rings (SSSR count). The van der Waals surface area contributed by atoms with Crippen LogP contribution in [0.1, 0.15) is 48.1 Å². The molecule has 1 heterocycles. The Hall–Kier alpha value is -2.42. The van der Waals surface area contributed by atoms with E-state index in [1.807, 2.05) is 6.92 Å². The number of hydrogen-bond acceptors (Lipinski definition) is 5. The van der Waals surface area contributed by atoms with Crippen LogP contribution >= 0.6 is 0 Å². The first-order valence-corrected chi connectivity index (χ1v) is 12.8. The normalized spacial score (nSPS) is 15.8. The average molecular weight is 475 g/mol. The van der Waals surface area contributed by atoms with E-state index in [-0.39, 0.29) is 23.3 Å². The molecule has 8 heteroatoms. The maximum atomic E-state index is 13.0. The van der Waals surface area contributed by atoms with Gasteiger partial charge in [-0.2, -0.15) is 4.31 Å². The van der Waals surface area contributed by atoms with Gasteiger partial charge in [0, 0.05) is 19.5 Å². The predicted molar refractivity (Wildman–Crippen MR) is 128 cm³/mol. The number of rotatable bonds is 9. The summed E-state index contributed by atoms with van der Waals surface area (Å²) in [4.78, 5) is 13.0. The SMILES string of the molecule is CCC(NC(=O)CCc1cc(S(=O)(=O)N2CCOCC2)ccc1OC)c1ccc(C)cc1C. The van der Waals surface area contributed by atoms with Gasteiger partial charge in [-0.15, -0.1) is 0 Å². The minimum atomic E-state index is -3.62. The van der Waals surface area contributed by atoms with E-state index >= 15 is 0 Å². The van der Waals surface area contributed by atoms with E-state index in [0.717, 1.165) is 17.5 Å². The third kappa shape index (κ3) is 6.13. The monoisotopic (exact) mass is 474 g/mol. The fourth-order valence-corrected chi connectivity index (χ4v) is 5.64. The van der Waals surface area contributed by atoms with E-state index < -0.39 is 10.0 Å². The number of sulfonamides is 1. The summed E-state index contributed by atoms with van der Waals surface area (Å²) in [6.45, 7) is 7.61. The number of carbonyl (C=O) groups is 1. The topological polar surface area (TPSA) is 84.9 Å². The number of aryl methyl sites for hydroxylation is 3. The summed E-state index contributed by atoms with van der Waals surface area (Å²) in [5, 5.41) is 3.13. The van der Waals surface area contributed by atoms with Crippen molar-refractivity contribution in [3.8, 4) is 5.75 Å². The van der Waals surface area contributed by atoms with Gasteiger partial charge in [-0.05, 0) is 61.6 Å². The molecule has 1 N–H and O–H groups in total.